The lowest BCUT2D eigenvalue weighted by Gasteiger charge is -2.26. The minimum Gasteiger partial charge on any atom is -0.461 e. The molecule has 0 N–H and O–H groups in total. The third-order valence-electron chi connectivity index (χ3n) is 12.8. The fraction of sp³-hybridized carbons (Fsp3) is 0.107. The van der Waals surface area contributed by atoms with Gasteiger partial charge in [-0.3, -0.25) is 0 Å². The summed E-state index contributed by atoms with van der Waals surface area (Å²) in [6.07, 6.45) is 1.68. The average molecular weight is 759 g/mol. The Balaban J connectivity index is 1.15. The van der Waals surface area contributed by atoms with Gasteiger partial charge in [0.25, 0.3) is 0 Å². The van der Waals surface area contributed by atoms with E-state index < -0.39 is 0 Å². The first-order chi connectivity index (χ1) is 28.8. The van der Waals surface area contributed by atoms with Crippen LogP contribution in [0.15, 0.2) is 187 Å². The van der Waals surface area contributed by atoms with Crippen LogP contribution >= 0.6 is 0 Å². The van der Waals surface area contributed by atoms with Crippen molar-refractivity contribution in [2.24, 2.45) is 0 Å². The molecule has 0 amide bonds. The van der Waals surface area contributed by atoms with Gasteiger partial charge >= 0.3 is 0 Å². The second-order valence-electron chi connectivity index (χ2n) is 17.0. The highest BCUT2D eigenvalue weighted by Crippen LogP contribution is 2.55. The summed E-state index contributed by atoms with van der Waals surface area (Å²) in [6, 6.07) is 63.5. The van der Waals surface area contributed by atoms with Crippen molar-refractivity contribution in [1.82, 2.24) is 9.97 Å². The first-order valence-corrected chi connectivity index (χ1v) is 20.5. The third-order valence-corrected chi connectivity index (χ3v) is 12.8. The summed E-state index contributed by atoms with van der Waals surface area (Å²) in [5.74, 6) is 1.18. The quantitative estimate of drug-likeness (QED) is 0.169. The Hall–Kier alpha value is -7.10. The molecule has 2 aliphatic carbocycles. The van der Waals surface area contributed by atoms with E-state index in [0.29, 0.717) is 11.6 Å². The summed E-state index contributed by atoms with van der Waals surface area (Å²) in [6.45, 7) is 9.46. The topological polar surface area (TPSA) is 38.9 Å². The van der Waals surface area contributed by atoms with Gasteiger partial charge in [0, 0.05) is 22.0 Å². The van der Waals surface area contributed by atoms with Crippen LogP contribution in [0.25, 0.3) is 89.7 Å². The van der Waals surface area contributed by atoms with Gasteiger partial charge in [0.05, 0.1) is 17.7 Å². The first-order valence-electron chi connectivity index (χ1n) is 20.5. The van der Waals surface area contributed by atoms with Crippen LogP contribution in [0.5, 0.6) is 0 Å². The maximum atomic E-state index is 5.95. The molecule has 2 heterocycles. The minimum atomic E-state index is -0.184. The van der Waals surface area contributed by atoms with Crippen molar-refractivity contribution in [2.45, 2.75) is 38.5 Å². The summed E-state index contributed by atoms with van der Waals surface area (Å²) in [4.78, 5) is 10.4. The number of nitrogens with zero attached hydrogens (tertiary/aromatic N) is 2. The van der Waals surface area contributed by atoms with Crippen molar-refractivity contribution < 1.29 is 4.42 Å². The highest BCUT2D eigenvalue weighted by Gasteiger charge is 2.39. The zero-order chi connectivity index (χ0) is 39.9. The third kappa shape index (κ3) is 5.56. The molecule has 0 aliphatic heterocycles. The van der Waals surface area contributed by atoms with E-state index in [1.54, 1.807) is 6.26 Å². The summed E-state index contributed by atoms with van der Waals surface area (Å²) in [5, 5.41) is 0. The van der Waals surface area contributed by atoms with Crippen LogP contribution < -0.4 is 0 Å². The van der Waals surface area contributed by atoms with Gasteiger partial charge in [-0.2, -0.15) is 0 Å². The molecule has 0 spiro atoms. The molecule has 282 valence electrons. The zero-order valence-electron chi connectivity index (χ0n) is 33.6. The Labute approximate surface area is 345 Å². The van der Waals surface area contributed by atoms with Crippen molar-refractivity contribution in [3.63, 3.8) is 0 Å². The lowest BCUT2D eigenvalue weighted by atomic mass is 9.77. The second-order valence-corrected chi connectivity index (χ2v) is 17.0. The molecule has 9 aromatic rings. The van der Waals surface area contributed by atoms with Gasteiger partial charge in [-0.25, -0.2) is 9.97 Å². The van der Waals surface area contributed by atoms with E-state index in [0.717, 1.165) is 39.2 Å². The van der Waals surface area contributed by atoms with Gasteiger partial charge < -0.3 is 4.42 Å². The number of fused-ring (bicyclic) bond motifs is 6. The molecule has 0 saturated heterocycles. The molecule has 0 bridgehead atoms. The van der Waals surface area contributed by atoms with E-state index >= 15 is 0 Å². The van der Waals surface area contributed by atoms with Crippen LogP contribution in [0, 0.1) is 0 Å². The van der Waals surface area contributed by atoms with Crippen LogP contribution in [-0.2, 0) is 10.8 Å². The molecule has 7 aromatic carbocycles. The summed E-state index contributed by atoms with van der Waals surface area (Å²) >= 11 is 0. The zero-order valence-corrected chi connectivity index (χ0v) is 33.6. The van der Waals surface area contributed by atoms with E-state index in [9.17, 15) is 0 Å². The van der Waals surface area contributed by atoms with Gasteiger partial charge in [0.15, 0.2) is 11.6 Å². The summed E-state index contributed by atoms with van der Waals surface area (Å²) in [7, 11) is 0. The average Bonchev–Trinajstić information content (AvgIpc) is 3.97. The Morgan fingerprint density at radius 3 is 1.37 bits per heavy atom. The van der Waals surface area contributed by atoms with Crippen LogP contribution in [-0.4, -0.2) is 9.97 Å². The minimum absolute atomic E-state index is 0.184. The van der Waals surface area contributed by atoms with E-state index in [1.165, 1.54) is 61.2 Å². The summed E-state index contributed by atoms with van der Waals surface area (Å²) in [5.41, 5.74) is 21.1. The van der Waals surface area contributed by atoms with Crippen molar-refractivity contribution in [1.29, 1.82) is 0 Å². The number of hydrogen-bond donors (Lipinski definition) is 0. The molecule has 0 radical (unpaired) electrons. The van der Waals surface area contributed by atoms with Crippen LogP contribution in [0.3, 0.4) is 0 Å². The Bertz CT molecular complexity index is 2960. The highest BCUT2D eigenvalue weighted by molar-refractivity contribution is 5.93. The number of rotatable bonds is 6. The maximum Gasteiger partial charge on any atom is 0.196 e. The smallest absolute Gasteiger partial charge is 0.196 e. The fourth-order valence-corrected chi connectivity index (χ4v) is 9.99. The van der Waals surface area contributed by atoms with Crippen molar-refractivity contribution >= 4 is 0 Å². The van der Waals surface area contributed by atoms with Crippen molar-refractivity contribution in [3.8, 4) is 89.7 Å². The molecule has 59 heavy (non-hydrogen) atoms. The Morgan fingerprint density at radius 1 is 0.356 bits per heavy atom. The summed E-state index contributed by atoms with van der Waals surface area (Å²) < 4.78 is 5.95. The van der Waals surface area contributed by atoms with Crippen LogP contribution in [0.1, 0.15) is 49.9 Å². The molecule has 2 aromatic heterocycles. The van der Waals surface area contributed by atoms with Gasteiger partial charge in [-0.1, -0.05) is 167 Å². The highest BCUT2D eigenvalue weighted by atomic mass is 16.3. The SMILES string of the molecule is CC1(C)c2ccccc2-c2cccc(-c3cc(-c4cc(-c5ccc(-c6ccccc6)cc5)nc(-c5ccco5)n4)cc(-c4cccc5c4C(C)(C)c4ccccc4-5)c3)c21. The molecule has 0 unspecified atom stereocenters. The van der Waals surface area contributed by atoms with Gasteiger partial charge in [0.2, 0.25) is 0 Å². The van der Waals surface area contributed by atoms with E-state index in [1.807, 2.05) is 18.2 Å². The molecule has 2 aliphatic rings. The lowest BCUT2D eigenvalue weighted by Crippen LogP contribution is -2.16. The second kappa shape index (κ2) is 13.2. The van der Waals surface area contributed by atoms with E-state index in [2.05, 4.69) is 185 Å². The van der Waals surface area contributed by atoms with E-state index in [-0.39, 0.29) is 10.8 Å². The predicted octanol–water partition coefficient (Wildman–Crippen LogP) is 14.7. The monoisotopic (exact) mass is 758 g/mol. The molecule has 3 nitrogen and oxygen atoms in total. The number of furan rings is 1. The first kappa shape index (κ1) is 35.1. The molecular formula is C56H42N2O. The molecule has 0 atom stereocenters. The molecule has 0 saturated carbocycles. The molecule has 3 heteroatoms. The molecule has 11 rings (SSSR count). The Morgan fingerprint density at radius 2 is 0.814 bits per heavy atom. The van der Waals surface area contributed by atoms with Gasteiger partial charge in [-0.15, -0.1) is 0 Å². The lowest BCUT2D eigenvalue weighted by molar-refractivity contribution is 0.577. The largest absolute Gasteiger partial charge is 0.461 e. The predicted molar refractivity (Wildman–Crippen MR) is 242 cm³/mol. The van der Waals surface area contributed by atoms with Crippen LogP contribution in [0.4, 0.5) is 0 Å². The van der Waals surface area contributed by atoms with E-state index in [4.69, 9.17) is 14.4 Å². The normalized spacial score (nSPS) is 14.0. The standard InChI is InChI=1S/C56H42N2O/c1-55(2)47-23-10-8-17-43(47)45-21-12-19-41(52(45)55)38-31-39(42-20-13-22-46-44-18-9-11-24-48(44)56(3,4)53(42)46)33-40(32-38)50-34-49(57-54(58-50)51-25-14-30-59-51)37-28-26-36(27-29-37)35-15-6-5-7-16-35/h5-34H,1-4H3. The maximum absolute atomic E-state index is 5.95. The Kier molecular flexibility index (Phi) is 7.87. The molecule has 0 fully saturated rings. The number of benzene rings is 7. The van der Waals surface area contributed by atoms with Crippen LogP contribution in [0.2, 0.25) is 0 Å². The fourth-order valence-electron chi connectivity index (χ4n) is 9.99. The van der Waals surface area contributed by atoms with Crippen molar-refractivity contribution in [3.05, 3.63) is 204 Å². The number of aromatic nitrogens is 2. The van der Waals surface area contributed by atoms with Gasteiger partial charge in [0.1, 0.15) is 0 Å². The van der Waals surface area contributed by atoms with Crippen molar-refractivity contribution in [2.75, 3.05) is 0 Å². The molecular weight excluding hydrogens is 717 g/mol. The number of hydrogen-bond acceptors (Lipinski definition) is 3. The van der Waals surface area contributed by atoms with Gasteiger partial charge in [-0.05, 0) is 114 Å².